The van der Waals surface area contributed by atoms with Crippen molar-refractivity contribution in [1.29, 1.82) is 0 Å². The molecule has 0 amide bonds. The fraction of sp³-hybridized carbons (Fsp3) is 0.471. The van der Waals surface area contributed by atoms with E-state index >= 15 is 0 Å². The molecule has 2 heterocycles. The standard InChI is InChI=1S/C17H25N7.HI/c1-18-17(20-11-16-21-12-22-24(16)3)19-10-13-6-7-15-14(9-13)5-4-8-23(15)2;/h6-7,9,12H,4-5,8,10-11H2,1-3H3,(H2,18,19,20);1H. The van der Waals surface area contributed by atoms with Crippen LogP contribution in [0.25, 0.3) is 0 Å². The highest BCUT2D eigenvalue weighted by molar-refractivity contribution is 14.0. The van der Waals surface area contributed by atoms with Crippen molar-refractivity contribution in [3.05, 3.63) is 41.5 Å². The number of nitrogens with one attached hydrogen (secondary N) is 2. The van der Waals surface area contributed by atoms with Gasteiger partial charge in [0.1, 0.15) is 12.2 Å². The maximum atomic E-state index is 4.26. The number of benzene rings is 1. The van der Waals surface area contributed by atoms with Crippen molar-refractivity contribution in [2.24, 2.45) is 12.0 Å². The summed E-state index contributed by atoms with van der Waals surface area (Å²) in [5.74, 6) is 1.63. The van der Waals surface area contributed by atoms with Gasteiger partial charge < -0.3 is 15.5 Å². The van der Waals surface area contributed by atoms with Crippen molar-refractivity contribution in [2.75, 3.05) is 25.5 Å². The van der Waals surface area contributed by atoms with E-state index in [9.17, 15) is 0 Å². The molecule has 136 valence electrons. The molecule has 7 nitrogen and oxygen atoms in total. The van der Waals surface area contributed by atoms with E-state index < -0.39 is 0 Å². The summed E-state index contributed by atoms with van der Waals surface area (Å²) in [6.07, 6.45) is 3.94. The molecule has 25 heavy (non-hydrogen) atoms. The Morgan fingerprint density at radius 1 is 1.24 bits per heavy atom. The fourth-order valence-corrected chi connectivity index (χ4v) is 3.00. The lowest BCUT2D eigenvalue weighted by molar-refractivity contribution is 0.672. The minimum atomic E-state index is 0. The molecule has 0 unspecified atom stereocenters. The van der Waals surface area contributed by atoms with E-state index in [-0.39, 0.29) is 24.0 Å². The summed E-state index contributed by atoms with van der Waals surface area (Å²) in [5, 5.41) is 10.7. The van der Waals surface area contributed by atoms with Gasteiger partial charge in [0, 0.05) is 39.9 Å². The van der Waals surface area contributed by atoms with Crippen LogP contribution in [0.3, 0.4) is 0 Å². The molecule has 1 aromatic heterocycles. The molecule has 0 saturated carbocycles. The second kappa shape index (κ2) is 9.02. The average molecular weight is 455 g/mol. The number of hydrogen-bond donors (Lipinski definition) is 2. The van der Waals surface area contributed by atoms with E-state index in [0.29, 0.717) is 6.54 Å². The predicted molar refractivity (Wildman–Crippen MR) is 111 cm³/mol. The average Bonchev–Trinajstić information content (AvgIpc) is 3.00. The Labute approximate surface area is 165 Å². The number of aliphatic imine (C=N–C) groups is 1. The fourth-order valence-electron chi connectivity index (χ4n) is 3.00. The minimum Gasteiger partial charge on any atom is -0.374 e. The van der Waals surface area contributed by atoms with Gasteiger partial charge in [0.15, 0.2) is 5.96 Å². The highest BCUT2D eigenvalue weighted by Crippen LogP contribution is 2.26. The highest BCUT2D eigenvalue weighted by Gasteiger charge is 2.13. The maximum Gasteiger partial charge on any atom is 0.191 e. The van der Waals surface area contributed by atoms with Crippen molar-refractivity contribution in [3.8, 4) is 0 Å². The second-order valence-corrected chi connectivity index (χ2v) is 6.07. The SMILES string of the molecule is CN=C(NCc1ccc2c(c1)CCCN2C)NCc1ncnn1C.I. The van der Waals surface area contributed by atoms with E-state index in [1.807, 2.05) is 7.05 Å². The zero-order valence-electron chi connectivity index (χ0n) is 15.0. The highest BCUT2D eigenvalue weighted by atomic mass is 127. The van der Waals surface area contributed by atoms with Gasteiger partial charge in [0.2, 0.25) is 0 Å². The number of aryl methyl sites for hydroxylation is 2. The molecule has 0 bridgehead atoms. The van der Waals surface area contributed by atoms with Crippen LogP contribution >= 0.6 is 24.0 Å². The van der Waals surface area contributed by atoms with Gasteiger partial charge in [0.25, 0.3) is 0 Å². The van der Waals surface area contributed by atoms with Crippen molar-refractivity contribution < 1.29 is 0 Å². The van der Waals surface area contributed by atoms with Crippen LogP contribution in [0, 0.1) is 0 Å². The van der Waals surface area contributed by atoms with Crippen LogP contribution in [-0.4, -0.2) is 41.4 Å². The molecular formula is C17H26IN7. The summed E-state index contributed by atoms with van der Waals surface area (Å²) in [4.78, 5) is 10.8. The normalized spacial score (nSPS) is 13.9. The van der Waals surface area contributed by atoms with Gasteiger partial charge in [-0.25, -0.2) is 4.98 Å². The van der Waals surface area contributed by atoms with Gasteiger partial charge in [-0.2, -0.15) is 5.10 Å². The Hall–Kier alpha value is -1.84. The zero-order chi connectivity index (χ0) is 16.9. The first-order valence-corrected chi connectivity index (χ1v) is 8.27. The number of guanidine groups is 1. The summed E-state index contributed by atoms with van der Waals surface area (Å²) < 4.78 is 1.75. The number of hydrogen-bond acceptors (Lipinski definition) is 4. The summed E-state index contributed by atoms with van der Waals surface area (Å²) in [5.41, 5.74) is 4.06. The van der Waals surface area contributed by atoms with Crippen molar-refractivity contribution >= 4 is 35.6 Å². The third kappa shape index (κ3) is 4.83. The molecule has 8 heteroatoms. The lowest BCUT2D eigenvalue weighted by atomic mass is 9.99. The van der Waals surface area contributed by atoms with E-state index in [2.05, 4.69) is 55.9 Å². The smallest absolute Gasteiger partial charge is 0.191 e. The monoisotopic (exact) mass is 455 g/mol. The molecule has 1 aliphatic heterocycles. The Morgan fingerprint density at radius 2 is 2.04 bits per heavy atom. The Kier molecular flexibility index (Phi) is 7.03. The van der Waals surface area contributed by atoms with Crippen LogP contribution in [0.2, 0.25) is 0 Å². The second-order valence-electron chi connectivity index (χ2n) is 6.07. The topological polar surface area (TPSA) is 70.4 Å². The number of halogens is 1. The molecule has 1 aliphatic rings. The molecule has 1 aromatic carbocycles. The van der Waals surface area contributed by atoms with Crippen LogP contribution in [-0.2, 0) is 26.6 Å². The molecule has 0 aliphatic carbocycles. The number of anilines is 1. The van der Waals surface area contributed by atoms with E-state index in [0.717, 1.165) is 31.3 Å². The molecule has 0 fully saturated rings. The van der Waals surface area contributed by atoms with Gasteiger partial charge in [-0.1, -0.05) is 12.1 Å². The first-order chi connectivity index (χ1) is 11.7. The number of fused-ring (bicyclic) bond motifs is 1. The maximum absolute atomic E-state index is 4.26. The van der Waals surface area contributed by atoms with E-state index in [1.165, 1.54) is 23.2 Å². The number of nitrogens with zero attached hydrogens (tertiary/aromatic N) is 5. The van der Waals surface area contributed by atoms with Gasteiger partial charge in [0.05, 0.1) is 6.54 Å². The van der Waals surface area contributed by atoms with Crippen LogP contribution in [0.4, 0.5) is 5.69 Å². The lowest BCUT2D eigenvalue weighted by Gasteiger charge is -2.28. The van der Waals surface area contributed by atoms with Crippen LogP contribution < -0.4 is 15.5 Å². The summed E-state index contributed by atoms with van der Waals surface area (Å²) in [6.45, 7) is 2.48. The van der Waals surface area contributed by atoms with E-state index in [1.54, 1.807) is 18.1 Å². The first kappa shape index (κ1) is 19.5. The molecule has 0 atom stereocenters. The summed E-state index contributed by atoms with van der Waals surface area (Å²) >= 11 is 0. The van der Waals surface area contributed by atoms with Crippen LogP contribution in [0.1, 0.15) is 23.4 Å². The van der Waals surface area contributed by atoms with Crippen LogP contribution in [0.5, 0.6) is 0 Å². The molecule has 0 saturated heterocycles. The number of aromatic nitrogens is 3. The van der Waals surface area contributed by atoms with Gasteiger partial charge in [-0.3, -0.25) is 9.67 Å². The van der Waals surface area contributed by atoms with Gasteiger partial charge in [-0.15, -0.1) is 24.0 Å². The zero-order valence-corrected chi connectivity index (χ0v) is 17.3. The third-order valence-corrected chi connectivity index (χ3v) is 4.40. The first-order valence-electron chi connectivity index (χ1n) is 8.27. The predicted octanol–water partition coefficient (Wildman–Crippen LogP) is 1.68. The molecule has 0 radical (unpaired) electrons. The molecule has 3 rings (SSSR count). The molecular weight excluding hydrogens is 429 g/mol. The Balaban J connectivity index is 0.00000225. The van der Waals surface area contributed by atoms with Crippen molar-refractivity contribution in [2.45, 2.75) is 25.9 Å². The Morgan fingerprint density at radius 3 is 2.76 bits per heavy atom. The van der Waals surface area contributed by atoms with Crippen molar-refractivity contribution in [1.82, 2.24) is 25.4 Å². The van der Waals surface area contributed by atoms with Gasteiger partial charge >= 0.3 is 0 Å². The van der Waals surface area contributed by atoms with Crippen molar-refractivity contribution in [3.63, 3.8) is 0 Å². The molecule has 2 aromatic rings. The Bertz CT molecular complexity index is 726. The lowest BCUT2D eigenvalue weighted by Crippen LogP contribution is -2.37. The van der Waals surface area contributed by atoms with Gasteiger partial charge in [-0.05, 0) is 30.0 Å². The third-order valence-electron chi connectivity index (χ3n) is 4.40. The molecule has 2 N–H and O–H groups in total. The molecule has 0 spiro atoms. The minimum absolute atomic E-state index is 0. The quantitative estimate of drug-likeness (QED) is 0.417. The summed E-state index contributed by atoms with van der Waals surface area (Å²) in [7, 11) is 5.81. The summed E-state index contributed by atoms with van der Waals surface area (Å²) in [6, 6.07) is 6.71. The number of rotatable bonds is 4. The largest absolute Gasteiger partial charge is 0.374 e. The van der Waals surface area contributed by atoms with E-state index in [4.69, 9.17) is 0 Å². The van der Waals surface area contributed by atoms with Crippen LogP contribution in [0.15, 0.2) is 29.5 Å².